The van der Waals surface area contributed by atoms with Gasteiger partial charge in [0.2, 0.25) is 0 Å². The molecule has 0 bridgehead atoms. The van der Waals surface area contributed by atoms with Crippen LogP contribution in [0.25, 0.3) is 67.3 Å². The van der Waals surface area contributed by atoms with Crippen LogP contribution in [0.2, 0.25) is 0 Å². The largest absolute Gasteiger partial charge is 0.228 e. The SMILES string of the molecule is N#Cc1ccc2c(c1)C1(c3ccccc3-c3ccccc31)c1cc(-c3ccc(-c4cc(-c5ccccc5)nc(-c5ccccc5)n4)cc3)ccc1-2. The Balaban J connectivity index is 1.11. The van der Waals surface area contributed by atoms with Gasteiger partial charge in [0.25, 0.3) is 0 Å². The third-order valence-electron chi connectivity index (χ3n) is 10.6. The van der Waals surface area contributed by atoms with Crippen molar-refractivity contribution in [3.05, 3.63) is 204 Å². The van der Waals surface area contributed by atoms with E-state index in [0.717, 1.165) is 39.2 Å². The molecule has 0 radical (unpaired) electrons. The minimum absolute atomic E-state index is 0.511. The molecular weight excluding hydrogens is 619 g/mol. The number of rotatable bonds is 4. The summed E-state index contributed by atoms with van der Waals surface area (Å²) in [4.78, 5) is 10.0. The topological polar surface area (TPSA) is 49.6 Å². The molecule has 0 unspecified atom stereocenters. The molecule has 10 rings (SSSR count). The van der Waals surface area contributed by atoms with Gasteiger partial charge >= 0.3 is 0 Å². The van der Waals surface area contributed by atoms with Crippen molar-refractivity contribution in [3.63, 3.8) is 0 Å². The van der Waals surface area contributed by atoms with Gasteiger partial charge in [-0.1, -0.05) is 152 Å². The number of benzene rings is 7. The zero-order chi connectivity index (χ0) is 33.9. The Morgan fingerprint density at radius 1 is 0.373 bits per heavy atom. The lowest BCUT2D eigenvalue weighted by molar-refractivity contribution is 0.793. The first kappa shape index (κ1) is 29.1. The molecule has 0 fully saturated rings. The Bertz CT molecular complexity index is 2580. The zero-order valence-corrected chi connectivity index (χ0v) is 27.6. The maximum atomic E-state index is 9.99. The lowest BCUT2D eigenvalue weighted by Crippen LogP contribution is -2.26. The van der Waals surface area contributed by atoms with Crippen LogP contribution < -0.4 is 0 Å². The highest BCUT2D eigenvalue weighted by molar-refractivity contribution is 5.96. The Morgan fingerprint density at radius 3 is 1.47 bits per heavy atom. The van der Waals surface area contributed by atoms with E-state index in [9.17, 15) is 5.26 Å². The van der Waals surface area contributed by atoms with Crippen molar-refractivity contribution < 1.29 is 0 Å². The lowest BCUT2D eigenvalue weighted by Gasteiger charge is -2.30. The average molecular weight is 648 g/mol. The number of nitrogens with zero attached hydrogens (tertiary/aromatic N) is 3. The van der Waals surface area contributed by atoms with Gasteiger partial charge in [-0.15, -0.1) is 0 Å². The van der Waals surface area contributed by atoms with E-state index in [-0.39, 0.29) is 0 Å². The quantitative estimate of drug-likeness (QED) is 0.191. The van der Waals surface area contributed by atoms with Crippen molar-refractivity contribution in [2.24, 2.45) is 0 Å². The van der Waals surface area contributed by atoms with E-state index in [1.165, 1.54) is 44.5 Å². The number of nitriles is 1. The molecule has 7 aromatic carbocycles. The van der Waals surface area contributed by atoms with Crippen LogP contribution in [-0.2, 0) is 5.41 Å². The van der Waals surface area contributed by atoms with E-state index in [1.54, 1.807) is 0 Å². The Hall–Kier alpha value is -6.89. The van der Waals surface area contributed by atoms with Gasteiger partial charge in [0.1, 0.15) is 0 Å². The van der Waals surface area contributed by atoms with Crippen LogP contribution in [0.4, 0.5) is 0 Å². The molecule has 2 aliphatic carbocycles. The molecular formula is C48H29N3. The molecule has 0 amide bonds. The maximum absolute atomic E-state index is 9.99. The standard InChI is InChI=1S/C48H29N3/c49-30-31-19-25-39-40-26-24-36(28-44(40)48(43(39)27-31)41-17-9-7-15-37(41)38-16-8-10-18-42(38)48)32-20-22-34(23-21-32)46-29-45(33-11-3-1-4-12-33)50-47(51-46)35-13-5-2-6-14-35/h1-29H. The number of hydrogen-bond acceptors (Lipinski definition) is 3. The fourth-order valence-corrected chi connectivity index (χ4v) is 8.29. The summed E-state index contributed by atoms with van der Waals surface area (Å²) in [6.07, 6.45) is 0. The smallest absolute Gasteiger partial charge is 0.160 e. The second-order valence-corrected chi connectivity index (χ2v) is 13.2. The van der Waals surface area contributed by atoms with E-state index < -0.39 is 5.41 Å². The molecule has 51 heavy (non-hydrogen) atoms. The number of fused-ring (bicyclic) bond motifs is 10. The van der Waals surface area contributed by atoms with Crippen LogP contribution in [0.3, 0.4) is 0 Å². The van der Waals surface area contributed by atoms with Crippen molar-refractivity contribution in [3.8, 4) is 73.4 Å². The molecule has 2 aliphatic rings. The zero-order valence-electron chi connectivity index (χ0n) is 27.6. The summed E-state index contributed by atoms with van der Waals surface area (Å²) in [5.41, 5.74) is 17.1. The van der Waals surface area contributed by atoms with Crippen LogP contribution in [0.1, 0.15) is 27.8 Å². The van der Waals surface area contributed by atoms with Crippen LogP contribution in [0.15, 0.2) is 176 Å². The van der Waals surface area contributed by atoms with Crippen molar-refractivity contribution in [2.45, 2.75) is 5.41 Å². The Kier molecular flexibility index (Phi) is 6.46. The highest BCUT2D eigenvalue weighted by atomic mass is 14.9. The third-order valence-corrected chi connectivity index (χ3v) is 10.6. The van der Waals surface area contributed by atoms with Crippen molar-refractivity contribution in [1.29, 1.82) is 5.26 Å². The highest BCUT2D eigenvalue weighted by Crippen LogP contribution is 2.63. The van der Waals surface area contributed by atoms with E-state index in [0.29, 0.717) is 11.4 Å². The second kappa shape index (κ2) is 11.3. The van der Waals surface area contributed by atoms with E-state index >= 15 is 0 Å². The molecule has 0 saturated heterocycles. The summed E-state index contributed by atoms with van der Waals surface area (Å²) in [6, 6.07) is 64.2. The minimum atomic E-state index is -0.511. The monoisotopic (exact) mass is 647 g/mol. The lowest BCUT2D eigenvalue weighted by atomic mass is 9.70. The summed E-state index contributed by atoms with van der Waals surface area (Å²) in [6.45, 7) is 0. The molecule has 3 heteroatoms. The summed E-state index contributed by atoms with van der Waals surface area (Å²) in [5, 5.41) is 9.99. The van der Waals surface area contributed by atoms with Crippen LogP contribution in [-0.4, -0.2) is 9.97 Å². The van der Waals surface area contributed by atoms with Gasteiger partial charge in [-0.3, -0.25) is 0 Å². The molecule has 0 aliphatic heterocycles. The molecule has 1 aromatic heterocycles. The van der Waals surface area contributed by atoms with Gasteiger partial charge in [-0.05, 0) is 79.9 Å². The summed E-state index contributed by atoms with van der Waals surface area (Å²) < 4.78 is 0. The maximum Gasteiger partial charge on any atom is 0.160 e. The highest BCUT2D eigenvalue weighted by Gasteiger charge is 2.51. The second-order valence-electron chi connectivity index (χ2n) is 13.2. The first-order chi connectivity index (χ1) is 25.2. The predicted octanol–water partition coefficient (Wildman–Crippen LogP) is 11.4. The van der Waals surface area contributed by atoms with Crippen molar-refractivity contribution >= 4 is 0 Å². The first-order valence-electron chi connectivity index (χ1n) is 17.2. The molecule has 0 atom stereocenters. The first-order valence-corrected chi connectivity index (χ1v) is 17.2. The third kappa shape index (κ3) is 4.37. The summed E-state index contributed by atoms with van der Waals surface area (Å²) in [7, 11) is 0. The van der Waals surface area contributed by atoms with Gasteiger partial charge < -0.3 is 0 Å². The van der Waals surface area contributed by atoms with Crippen LogP contribution in [0.5, 0.6) is 0 Å². The average Bonchev–Trinajstić information content (AvgIpc) is 3.68. The molecule has 0 N–H and O–H groups in total. The van der Waals surface area contributed by atoms with Crippen molar-refractivity contribution in [2.75, 3.05) is 0 Å². The fraction of sp³-hybridized carbons (Fsp3) is 0.0208. The summed E-state index contributed by atoms with van der Waals surface area (Å²) in [5.74, 6) is 0.705. The molecule has 236 valence electrons. The van der Waals surface area contributed by atoms with E-state index in [1.807, 2.05) is 42.5 Å². The normalized spacial score (nSPS) is 12.8. The van der Waals surface area contributed by atoms with Crippen molar-refractivity contribution in [1.82, 2.24) is 9.97 Å². The summed E-state index contributed by atoms with van der Waals surface area (Å²) >= 11 is 0. The van der Waals surface area contributed by atoms with E-state index in [4.69, 9.17) is 9.97 Å². The van der Waals surface area contributed by atoms with Crippen LogP contribution in [0, 0.1) is 11.3 Å². The minimum Gasteiger partial charge on any atom is -0.228 e. The molecule has 8 aromatic rings. The molecule has 1 heterocycles. The Morgan fingerprint density at radius 2 is 0.843 bits per heavy atom. The Labute approximate surface area is 296 Å². The molecule has 0 saturated carbocycles. The van der Waals surface area contributed by atoms with Gasteiger partial charge in [-0.25, -0.2) is 9.97 Å². The molecule has 3 nitrogen and oxygen atoms in total. The number of aromatic nitrogens is 2. The fourth-order valence-electron chi connectivity index (χ4n) is 8.29. The van der Waals surface area contributed by atoms with Gasteiger partial charge in [0, 0.05) is 16.7 Å². The predicted molar refractivity (Wildman–Crippen MR) is 205 cm³/mol. The van der Waals surface area contributed by atoms with Gasteiger partial charge in [0.15, 0.2) is 5.82 Å². The van der Waals surface area contributed by atoms with Gasteiger partial charge in [0.05, 0.1) is 28.4 Å². The van der Waals surface area contributed by atoms with Crippen LogP contribution >= 0.6 is 0 Å². The number of hydrogen-bond donors (Lipinski definition) is 0. The van der Waals surface area contributed by atoms with Gasteiger partial charge in [-0.2, -0.15) is 5.26 Å². The molecule has 1 spiro atoms. The van der Waals surface area contributed by atoms with E-state index in [2.05, 4.69) is 140 Å².